The minimum atomic E-state index is -0.871. The number of aliphatic hydroxyl groups is 1. The zero-order valence-corrected chi connectivity index (χ0v) is 20.3. The summed E-state index contributed by atoms with van der Waals surface area (Å²) in [6.07, 6.45) is 2.03. The first-order valence-electron chi connectivity index (χ1n) is 11.6. The summed E-state index contributed by atoms with van der Waals surface area (Å²) in [6, 6.07) is 13.2. The highest BCUT2D eigenvalue weighted by Gasteiger charge is 2.24. The van der Waals surface area contributed by atoms with Crippen molar-refractivity contribution in [3.8, 4) is 34.3 Å². The first-order valence-corrected chi connectivity index (χ1v) is 11.6. The summed E-state index contributed by atoms with van der Waals surface area (Å²) >= 11 is 0. The molecule has 0 radical (unpaired) electrons. The number of fused-ring (bicyclic) bond motifs is 1. The highest BCUT2D eigenvalue weighted by Crippen LogP contribution is 2.38. The van der Waals surface area contributed by atoms with Crippen LogP contribution in [0.5, 0.6) is 5.75 Å². The van der Waals surface area contributed by atoms with Crippen LogP contribution in [0.2, 0.25) is 0 Å². The number of ether oxygens (including phenoxy) is 1. The molecule has 0 amide bonds. The molecule has 0 saturated carbocycles. The highest BCUT2D eigenvalue weighted by atomic mass is 19.1. The van der Waals surface area contributed by atoms with E-state index in [1.165, 1.54) is 0 Å². The molecular weight excluding hydrogens is 461 g/mol. The number of anilines is 1. The predicted molar refractivity (Wildman–Crippen MR) is 134 cm³/mol. The van der Waals surface area contributed by atoms with E-state index in [1.54, 1.807) is 50.6 Å². The van der Waals surface area contributed by atoms with E-state index in [9.17, 15) is 14.8 Å². The third-order valence-corrected chi connectivity index (χ3v) is 6.44. The molecule has 4 aromatic rings. The minimum absolute atomic E-state index is 0.301. The minimum Gasteiger partial charge on any atom is -0.496 e. The molecule has 1 fully saturated rings. The molecule has 4 heterocycles. The van der Waals surface area contributed by atoms with Crippen LogP contribution in [-0.2, 0) is 0 Å². The van der Waals surface area contributed by atoms with Crippen LogP contribution in [0.3, 0.4) is 0 Å². The fraction of sp³-hybridized carbons (Fsp3) is 0.296. The number of aromatic nitrogens is 2. The maximum atomic E-state index is 13.7. The van der Waals surface area contributed by atoms with E-state index in [4.69, 9.17) is 9.15 Å². The second-order valence-electron chi connectivity index (χ2n) is 9.01. The number of rotatable bonds is 6. The molecular formula is C27H26FN5O3. The smallest absolute Gasteiger partial charge is 0.161 e. The molecule has 3 aromatic heterocycles. The van der Waals surface area contributed by atoms with E-state index in [-0.39, 0.29) is 0 Å². The fourth-order valence-electron chi connectivity index (χ4n) is 4.52. The molecule has 2 atom stereocenters. The van der Waals surface area contributed by atoms with E-state index in [1.807, 2.05) is 29.2 Å². The third kappa shape index (κ3) is 4.26. The number of methoxy groups -OCH3 is 1. The Hall–Kier alpha value is -4.00. The zero-order chi connectivity index (χ0) is 25.4. The molecule has 1 N–H and O–H groups in total. The van der Waals surface area contributed by atoms with Crippen molar-refractivity contribution in [2.24, 2.45) is 0 Å². The lowest BCUT2D eigenvalue weighted by atomic mass is 10.0. The van der Waals surface area contributed by atoms with Gasteiger partial charge < -0.3 is 19.2 Å². The second-order valence-corrected chi connectivity index (χ2v) is 9.01. The Bertz CT molecular complexity index is 1460. The van der Waals surface area contributed by atoms with Crippen molar-refractivity contribution in [1.82, 2.24) is 14.9 Å². The first kappa shape index (κ1) is 23.7. The number of hydrogen-bond acceptors (Lipinski definition) is 8. The van der Waals surface area contributed by atoms with E-state index in [2.05, 4.69) is 16.0 Å². The van der Waals surface area contributed by atoms with Gasteiger partial charge in [0.05, 0.1) is 29.6 Å². The van der Waals surface area contributed by atoms with Gasteiger partial charge >= 0.3 is 0 Å². The number of alkyl halides is 1. The maximum Gasteiger partial charge on any atom is 0.161 e. The largest absolute Gasteiger partial charge is 0.496 e. The molecule has 1 saturated heterocycles. The lowest BCUT2D eigenvalue weighted by Crippen LogP contribution is -2.20. The predicted octanol–water partition coefficient (Wildman–Crippen LogP) is 4.54. The number of pyridine rings is 2. The van der Waals surface area contributed by atoms with Gasteiger partial charge in [0.15, 0.2) is 5.58 Å². The summed E-state index contributed by atoms with van der Waals surface area (Å²) in [6.45, 7) is 0.895. The van der Waals surface area contributed by atoms with Gasteiger partial charge in [-0.1, -0.05) is 6.07 Å². The summed E-state index contributed by atoms with van der Waals surface area (Å²) in [7, 11) is 5.06. The van der Waals surface area contributed by atoms with Gasteiger partial charge in [0.25, 0.3) is 0 Å². The number of nitrogens with zero attached hydrogens (tertiary/aromatic N) is 5. The molecule has 8 nitrogen and oxygen atoms in total. The molecule has 1 aromatic carbocycles. The molecule has 5 rings (SSSR count). The number of hydrogen-bond donors (Lipinski definition) is 1. The Kier molecular flexibility index (Phi) is 6.31. The van der Waals surface area contributed by atoms with Crippen molar-refractivity contribution in [3.05, 3.63) is 60.0 Å². The summed E-state index contributed by atoms with van der Waals surface area (Å²) in [5, 5.41) is 20.1. The fourth-order valence-corrected chi connectivity index (χ4v) is 4.52. The summed E-state index contributed by atoms with van der Waals surface area (Å²) in [4.78, 5) is 12.4. The molecule has 36 heavy (non-hydrogen) atoms. The molecule has 184 valence electrons. The monoisotopic (exact) mass is 487 g/mol. The lowest BCUT2D eigenvalue weighted by Gasteiger charge is -2.19. The van der Waals surface area contributed by atoms with Crippen LogP contribution in [0, 0.1) is 11.3 Å². The zero-order valence-electron chi connectivity index (χ0n) is 20.3. The lowest BCUT2D eigenvalue weighted by molar-refractivity contribution is 0.0356. The van der Waals surface area contributed by atoms with E-state index >= 15 is 0 Å². The van der Waals surface area contributed by atoms with Crippen molar-refractivity contribution in [2.75, 3.05) is 39.2 Å². The molecule has 0 bridgehead atoms. The van der Waals surface area contributed by atoms with Crippen molar-refractivity contribution < 1.29 is 18.7 Å². The summed E-state index contributed by atoms with van der Waals surface area (Å²) in [5.41, 5.74) is 5.09. The Morgan fingerprint density at radius 2 is 2.06 bits per heavy atom. The van der Waals surface area contributed by atoms with Gasteiger partial charge in [-0.05, 0) is 44.3 Å². The van der Waals surface area contributed by atoms with Crippen LogP contribution in [0.1, 0.15) is 23.9 Å². The number of nitriles is 1. The van der Waals surface area contributed by atoms with Gasteiger partial charge in [-0.3, -0.25) is 14.9 Å². The normalized spacial score (nSPS) is 16.5. The average Bonchev–Trinajstić information content (AvgIpc) is 3.53. The van der Waals surface area contributed by atoms with Gasteiger partial charge in [0, 0.05) is 43.2 Å². The van der Waals surface area contributed by atoms with Gasteiger partial charge in [0.1, 0.15) is 35.5 Å². The van der Waals surface area contributed by atoms with Crippen LogP contribution >= 0.6 is 0 Å². The van der Waals surface area contributed by atoms with Gasteiger partial charge in [-0.25, -0.2) is 4.39 Å². The Morgan fingerprint density at radius 3 is 2.75 bits per heavy atom. The van der Waals surface area contributed by atoms with Gasteiger partial charge in [0.2, 0.25) is 0 Å². The Morgan fingerprint density at radius 1 is 1.22 bits per heavy atom. The van der Waals surface area contributed by atoms with Crippen LogP contribution in [0.15, 0.2) is 53.2 Å². The number of aliphatic hydroxyl groups excluding tert-OH is 1. The SMILES string of the molecule is COc1cc(C(O)N(C)C)ncc1-c1cc2nccc(-c3ccc(N4CC[C@H](F)C4)c(C#N)c3)c2o1. The standard InChI is InChI=1S/C27H26FN5O3/c1-32(2)27(34)22-12-24(35-3)20(14-31-22)25-11-21-26(36-25)19(6-8-30-21)16-4-5-23(17(10-16)13-29)33-9-7-18(28)15-33/h4-6,8,10-12,14,18,27,34H,7,9,15H2,1-3H3/t18-,27?/m0/s1. The molecule has 1 unspecified atom stereocenters. The molecule has 0 spiro atoms. The quantitative estimate of drug-likeness (QED) is 0.396. The van der Waals surface area contributed by atoms with Crippen molar-refractivity contribution in [2.45, 2.75) is 18.8 Å². The van der Waals surface area contributed by atoms with Crippen LogP contribution < -0.4 is 9.64 Å². The topological polar surface area (TPSA) is 98.7 Å². The molecule has 0 aliphatic carbocycles. The van der Waals surface area contributed by atoms with Gasteiger partial charge in [-0.15, -0.1) is 0 Å². The molecule has 1 aliphatic rings. The third-order valence-electron chi connectivity index (χ3n) is 6.44. The van der Waals surface area contributed by atoms with Gasteiger partial charge in [-0.2, -0.15) is 5.26 Å². The molecule has 9 heteroatoms. The maximum absolute atomic E-state index is 13.7. The van der Waals surface area contributed by atoms with E-state index < -0.39 is 12.4 Å². The van der Waals surface area contributed by atoms with Crippen molar-refractivity contribution in [3.63, 3.8) is 0 Å². The second kappa shape index (κ2) is 9.57. The average molecular weight is 488 g/mol. The number of halogens is 1. The van der Waals surface area contributed by atoms with Crippen LogP contribution in [-0.4, -0.2) is 60.4 Å². The van der Waals surface area contributed by atoms with Crippen LogP contribution in [0.25, 0.3) is 33.6 Å². The van der Waals surface area contributed by atoms with Crippen molar-refractivity contribution >= 4 is 16.8 Å². The van der Waals surface area contributed by atoms with Crippen molar-refractivity contribution in [1.29, 1.82) is 5.26 Å². The number of furan rings is 1. The van der Waals surface area contributed by atoms with E-state index in [0.717, 1.165) is 16.8 Å². The van der Waals surface area contributed by atoms with Crippen LogP contribution in [0.4, 0.5) is 10.1 Å². The number of benzene rings is 1. The highest BCUT2D eigenvalue weighted by molar-refractivity contribution is 5.93. The molecule has 1 aliphatic heterocycles. The Labute approximate surface area is 208 Å². The summed E-state index contributed by atoms with van der Waals surface area (Å²) < 4.78 is 25.5. The first-order chi connectivity index (χ1) is 17.4. The van der Waals surface area contributed by atoms with E-state index in [0.29, 0.717) is 58.9 Å². The Balaban J connectivity index is 1.55. The summed E-state index contributed by atoms with van der Waals surface area (Å²) in [5.74, 6) is 1.03.